The van der Waals surface area contributed by atoms with Gasteiger partial charge in [0.2, 0.25) is 0 Å². The van der Waals surface area contributed by atoms with Gasteiger partial charge in [0.1, 0.15) is 0 Å². The smallest absolute Gasteiger partial charge is 0.260 e. The molecule has 0 aliphatic carbocycles. The lowest BCUT2D eigenvalue weighted by molar-refractivity contribution is 0.301. The highest BCUT2D eigenvalue weighted by Gasteiger charge is 2.21. The second-order valence-corrected chi connectivity index (χ2v) is 4.35. The molecule has 0 unspecified atom stereocenters. The molecule has 0 spiro atoms. The van der Waals surface area contributed by atoms with Gasteiger partial charge < -0.3 is 15.4 Å². The lowest BCUT2D eigenvalue weighted by Crippen LogP contribution is -2.28. The summed E-state index contributed by atoms with van der Waals surface area (Å²) in [6, 6.07) is 0. The number of rotatable bonds is 4. The highest BCUT2D eigenvalue weighted by molar-refractivity contribution is 7.89. The van der Waals surface area contributed by atoms with Crippen LogP contribution in [0.3, 0.4) is 0 Å². The van der Waals surface area contributed by atoms with Gasteiger partial charge in [0.25, 0.3) is 10.0 Å². The molecule has 4 N–H and O–H groups in total. The maximum atomic E-state index is 11.5. The van der Waals surface area contributed by atoms with Crippen LogP contribution < -0.4 is 10.5 Å². The van der Waals surface area contributed by atoms with Gasteiger partial charge >= 0.3 is 0 Å². The number of nitrogens with one attached hydrogen (secondary N) is 1. The van der Waals surface area contributed by atoms with Crippen LogP contribution >= 0.6 is 0 Å². The summed E-state index contributed by atoms with van der Waals surface area (Å²) >= 11 is 0. The Morgan fingerprint density at radius 3 is 2.79 bits per heavy atom. The number of aryl methyl sites for hydroxylation is 1. The molecule has 0 bridgehead atoms. The normalized spacial score (nSPS) is 11.9. The third kappa shape index (κ3) is 2.03. The Morgan fingerprint density at radius 1 is 1.71 bits per heavy atom. The number of hydrogen-bond acceptors (Lipinski definition) is 5. The zero-order chi connectivity index (χ0) is 10.8. The van der Waals surface area contributed by atoms with E-state index in [0.717, 1.165) is 0 Å². The van der Waals surface area contributed by atoms with Crippen molar-refractivity contribution in [2.75, 3.05) is 18.9 Å². The van der Waals surface area contributed by atoms with Crippen molar-refractivity contribution in [2.45, 2.75) is 5.03 Å². The quantitative estimate of drug-likeness (QED) is 0.558. The van der Waals surface area contributed by atoms with E-state index in [1.54, 1.807) is 0 Å². The molecular weight excluding hydrogens is 208 g/mol. The molecule has 80 valence electrons. The zero-order valence-electron chi connectivity index (χ0n) is 7.64. The van der Waals surface area contributed by atoms with Crippen LogP contribution in [0.25, 0.3) is 0 Å². The third-order valence-electron chi connectivity index (χ3n) is 1.57. The van der Waals surface area contributed by atoms with Gasteiger partial charge in [-0.1, -0.05) is 0 Å². The van der Waals surface area contributed by atoms with Gasteiger partial charge in [0.15, 0.2) is 10.8 Å². The second-order valence-electron chi connectivity index (χ2n) is 2.67. The van der Waals surface area contributed by atoms with E-state index in [1.807, 2.05) is 0 Å². The molecule has 0 atom stereocenters. The standard InChI is InChI=1S/C6H12N4O3S/c1-10-4-8-5(7)6(10)14(12,13)9-2-3-11/h4,9,11H,2-3,7H2,1H3. The first-order valence-electron chi connectivity index (χ1n) is 3.86. The number of imidazole rings is 1. The Hall–Kier alpha value is -1.12. The largest absolute Gasteiger partial charge is 0.395 e. The molecule has 8 heteroatoms. The van der Waals surface area contributed by atoms with Crippen LogP contribution in [0, 0.1) is 0 Å². The number of aromatic nitrogens is 2. The minimum Gasteiger partial charge on any atom is -0.395 e. The van der Waals surface area contributed by atoms with Crippen molar-refractivity contribution in [1.29, 1.82) is 0 Å². The topological polar surface area (TPSA) is 110 Å². The zero-order valence-corrected chi connectivity index (χ0v) is 8.45. The molecular formula is C6H12N4O3S. The molecule has 1 aromatic heterocycles. The van der Waals surface area contributed by atoms with Gasteiger partial charge in [-0.05, 0) is 0 Å². The van der Waals surface area contributed by atoms with E-state index in [9.17, 15) is 8.42 Å². The molecule has 0 radical (unpaired) electrons. The van der Waals surface area contributed by atoms with E-state index < -0.39 is 10.0 Å². The van der Waals surface area contributed by atoms with Crippen molar-refractivity contribution in [3.63, 3.8) is 0 Å². The van der Waals surface area contributed by atoms with E-state index in [2.05, 4.69) is 9.71 Å². The van der Waals surface area contributed by atoms with Crippen LogP contribution in [0.15, 0.2) is 11.4 Å². The number of nitrogen functional groups attached to an aromatic ring is 1. The fraction of sp³-hybridized carbons (Fsp3) is 0.500. The minimum absolute atomic E-state index is 0.0487. The van der Waals surface area contributed by atoms with Crippen molar-refractivity contribution in [2.24, 2.45) is 7.05 Å². The molecule has 14 heavy (non-hydrogen) atoms. The number of nitrogens with two attached hydrogens (primary N) is 1. The van der Waals surface area contributed by atoms with Crippen molar-refractivity contribution < 1.29 is 13.5 Å². The fourth-order valence-corrected chi connectivity index (χ4v) is 2.26. The Labute approximate surface area is 81.6 Å². The fourth-order valence-electron chi connectivity index (χ4n) is 1.01. The summed E-state index contributed by atoms with van der Waals surface area (Å²) in [6.45, 7) is -0.316. The number of hydrogen-bond donors (Lipinski definition) is 3. The van der Waals surface area contributed by atoms with E-state index in [-0.39, 0.29) is 24.0 Å². The molecule has 0 aliphatic rings. The van der Waals surface area contributed by atoms with Gasteiger partial charge in [-0.3, -0.25) is 0 Å². The van der Waals surface area contributed by atoms with E-state index in [0.29, 0.717) is 0 Å². The van der Waals surface area contributed by atoms with Gasteiger partial charge in [0.05, 0.1) is 12.9 Å². The summed E-state index contributed by atoms with van der Waals surface area (Å²) in [7, 11) is -2.15. The van der Waals surface area contributed by atoms with Crippen LogP contribution in [0.1, 0.15) is 0 Å². The lowest BCUT2D eigenvalue weighted by atomic mass is 10.8. The molecule has 1 aromatic rings. The molecule has 0 fully saturated rings. The molecule has 7 nitrogen and oxygen atoms in total. The van der Waals surface area contributed by atoms with Crippen LogP contribution in [0.2, 0.25) is 0 Å². The summed E-state index contributed by atoms with van der Waals surface area (Å²) in [5, 5.41) is 8.39. The maximum Gasteiger partial charge on any atom is 0.260 e. The number of anilines is 1. The predicted octanol–water partition coefficient (Wildman–Crippen LogP) is -1.73. The Balaban J connectivity index is 3.04. The predicted molar refractivity (Wildman–Crippen MR) is 49.9 cm³/mol. The van der Waals surface area contributed by atoms with Gasteiger partial charge in [-0.25, -0.2) is 18.1 Å². The van der Waals surface area contributed by atoms with Crippen LogP contribution in [0.5, 0.6) is 0 Å². The molecule has 1 heterocycles. The average molecular weight is 220 g/mol. The number of aliphatic hydroxyl groups excluding tert-OH is 1. The molecule has 0 aromatic carbocycles. The minimum atomic E-state index is -3.67. The number of aliphatic hydroxyl groups is 1. The van der Waals surface area contributed by atoms with E-state index in [4.69, 9.17) is 10.8 Å². The molecule has 0 saturated heterocycles. The van der Waals surface area contributed by atoms with Crippen molar-refractivity contribution >= 4 is 15.8 Å². The van der Waals surface area contributed by atoms with Gasteiger partial charge in [0, 0.05) is 13.6 Å². The SMILES string of the molecule is Cn1cnc(N)c1S(=O)(=O)NCCO. The van der Waals surface area contributed by atoms with Crippen LogP contribution in [0.4, 0.5) is 5.82 Å². The summed E-state index contributed by atoms with van der Waals surface area (Å²) in [5.74, 6) is -0.0575. The van der Waals surface area contributed by atoms with Gasteiger partial charge in [-0.15, -0.1) is 0 Å². The van der Waals surface area contributed by atoms with Crippen molar-refractivity contribution in [1.82, 2.24) is 14.3 Å². The van der Waals surface area contributed by atoms with E-state index in [1.165, 1.54) is 17.9 Å². The Bertz CT molecular complexity index is 391. The van der Waals surface area contributed by atoms with Crippen molar-refractivity contribution in [3.8, 4) is 0 Å². The summed E-state index contributed by atoms with van der Waals surface area (Å²) < 4.78 is 26.5. The second kappa shape index (κ2) is 3.95. The summed E-state index contributed by atoms with van der Waals surface area (Å²) in [6.07, 6.45) is 1.31. The highest BCUT2D eigenvalue weighted by Crippen LogP contribution is 2.14. The molecule has 0 aliphatic heterocycles. The maximum absolute atomic E-state index is 11.5. The number of sulfonamides is 1. The van der Waals surface area contributed by atoms with Crippen molar-refractivity contribution in [3.05, 3.63) is 6.33 Å². The molecule has 1 rings (SSSR count). The monoisotopic (exact) mass is 220 g/mol. The molecule has 0 amide bonds. The lowest BCUT2D eigenvalue weighted by Gasteiger charge is -2.05. The first-order chi connectivity index (χ1) is 6.49. The van der Waals surface area contributed by atoms with Gasteiger partial charge in [-0.2, -0.15) is 0 Å². The van der Waals surface area contributed by atoms with Crippen LogP contribution in [-0.2, 0) is 17.1 Å². The summed E-state index contributed by atoms with van der Waals surface area (Å²) in [5.41, 5.74) is 5.39. The number of nitrogens with zero attached hydrogens (tertiary/aromatic N) is 2. The molecule has 0 saturated carbocycles. The average Bonchev–Trinajstić information content (AvgIpc) is 2.43. The third-order valence-corrected chi connectivity index (χ3v) is 3.16. The Morgan fingerprint density at radius 2 is 2.36 bits per heavy atom. The Kier molecular flexibility index (Phi) is 3.09. The highest BCUT2D eigenvalue weighted by atomic mass is 32.2. The van der Waals surface area contributed by atoms with E-state index >= 15 is 0 Å². The van der Waals surface area contributed by atoms with Crippen LogP contribution in [-0.4, -0.2) is 36.2 Å². The summed E-state index contributed by atoms with van der Waals surface area (Å²) in [4.78, 5) is 3.65. The first kappa shape index (κ1) is 11.0. The first-order valence-corrected chi connectivity index (χ1v) is 5.34.